The average molecular weight is 452 g/mol. The van der Waals surface area contributed by atoms with E-state index in [0.29, 0.717) is 5.78 Å². The summed E-state index contributed by atoms with van der Waals surface area (Å²) in [6, 6.07) is 15.4. The van der Waals surface area contributed by atoms with Crippen LogP contribution in [0.5, 0.6) is 0 Å². The van der Waals surface area contributed by atoms with Crippen LogP contribution < -0.4 is 4.90 Å². The van der Waals surface area contributed by atoms with Gasteiger partial charge in [-0.15, -0.1) is 10.2 Å². The Morgan fingerprint density at radius 2 is 1.94 bits per heavy atom. The molecule has 2 heterocycles. The van der Waals surface area contributed by atoms with E-state index < -0.39 is 0 Å². The fourth-order valence-electron chi connectivity index (χ4n) is 4.81. The number of aromatic nitrogens is 4. The van der Waals surface area contributed by atoms with Gasteiger partial charge in [0.1, 0.15) is 12.1 Å². The fraction of sp³-hybridized carbons (Fsp3) is 0.345. The minimum Gasteiger partial charge on any atom is -0.329 e. The summed E-state index contributed by atoms with van der Waals surface area (Å²) in [6.07, 6.45) is 10.9. The van der Waals surface area contributed by atoms with Crippen LogP contribution in [0.2, 0.25) is 0 Å². The predicted octanol–water partition coefficient (Wildman–Crippen LogP) is 7.15. The topological polar surface area (TPSA) is 46.3 Å². The summed E-state index contributed by atoms with van der Waals surface area (Å²) >= 11 is 0. The first-order valence-electron chi connectivity index (χ1n) is 12.2. The number of aryl methyl sites for hydroxylation is 1. The molecule has 0 fully saturated rings. The van der Waals surface area contributed by atoms with Crippen LogP contribution >= 0.6 is 0 Å². The van der Waals surface area contributed by atoms with Crippen molar-refractivity contribution in [2.45, 2.75) is 53.4 Å². The Hall–Kier alpha value is -3.47. The van der Waals surface area contributed by atoms with Crippen LogP contribution in [-0.4, -0.2) is 26.6 Å². The summed E-state index contributed by atoms with van der Waals surface area (Å²) in [7, 11) is 2.08. The standard InChI is InChI=1S/C29H33N5/c1-6-9-20-14-15-25-26(16-20)34-19-30-32-28(34)31-27(25)33(5)24-13-8-11-22(18-24)21-10-7-12-23(17-21)29(2,3)4/h8,10-11,13-19H,6-7,9,12H2,1-5H3. The average Bonchev–Trinajstić information content (AvgIpc) is 3.32. The minimum absolute atomic E-state index is 0.195. The van der Waals surface area contributed by atoms with Gasteiger partial charge in [-0.1, -0.05) is 70.0 Å². The molecule has 4 aromatic rings. The van der Waals surface area contributed by atoms with Crippen LogP contribution in [0, 0.1) is 5.41 Å². The molecule has 0 aliphatic heterocycles. The summed E-state index contributed by atoms with van der Waals surface area (Å²) in [4.78, 5) is 7.06. The Morgan fingerprint density at radius 3 is 2.74 bits per heavy atom. The van der Waals surface area contributed by atoms with Gasteiger partial charge in [-0.3, -0.25) is 4.40 Å². The zero-order valence-corrected chi connectivity index (χ0v) is 20.8. The molecule has 0 N–H and O–H groups in total. The monoisotopic (exact) mass is 451 g/mol. The number of benzene rings is 2. The van der Waals surface area contributed by atoms with Gasteiger partial charge in [0.15, 0.2) is 0 Å². The number of hydrogen-bond acceptors (Lipinski definition) is 4. The van der Waals surface area contributed by atoms with E-state index in [-0.39, 0.29) is 5.41 Å². The van der Waals surface area contributed by atoms with Gasteiger partial charge >= 0.3 is 0 Å². The van der Waals surface area contributed by atoms with Crippen LogP contribution in [0.4, 0.5) is 11.5 Å². The lowest BCUT2D eigenvalue weighted by molar-refractivity contribution is 0.482. The molecule has 2 aromatic heterocycles. The van der Waals surface area contributed by atoms with Crippen molar-refractivity contribution >= 4 is 33.8 Å². The van der Waals surface area contributed by atoms with Gasteiger partial charge in [0.25, 0.3) is 5.78 Å². The molecule has 0 bridgehead atoms. The van der Waals surface area contributed by atoms with E-state index in [1.807, 2.05) is 4.40 Å². The highest BCUT2D eigenvalue weighted by molar-refractivity contribution is 5.94. The van der Waals surface area contributed by atoms with Crippen molar-refractivity contribution in [1.29, 1.82) is 0 Å². The van der Waals surface area contributed by atoms with Gasteiger partial charge in [0.2, 0.25) is 0 Å². The van der Waals surface area contributed by atoms with Crippen molar-refractivity contribution < 1.29 is 0 Å². The highest BCUT2D eigenvalue weighted by Gasteiger charge is 2.20. The molecule has 174 valence electrons. The molecule has 0 unspecified atom stereocenters. The third-order valence-electron chi connectivity index (χ3n) is 6.79. The summed E-state index contributed by atoms with van der Waals surface area (Å²) in [5.74, 6) is 1.51. The Bertz CT molecular complexity index is 1420. The van der Waals surface area contributed by atoms with E-state index >= 15 is 0 Å². The fourth-order valence-corrected chi connectivity index (χ4v) is 4.81. The summed E-state index contributed by atoms with van der Waals surface area (Å²) in [5.41, 5.74) is 7.76. The molecule has 0 spiro atoms. The Balaban J connectivity index is 1.58. The van der Waals surface area contributed by atoms with Crippen LogP contribution in [0.25, 0.3) is 22.3 Å². The number of hydrogen-bond donors (Lipinski definition) is 0. The third-order valence-corrected chi connectivity index (χ3v) is 6.79. The van der Waals surface area contributed by atoms with Gasteiger partial charge in [-0.05, 0) is 65.6 Å². The van der Waals surface area contributed by atoms with Crippen molar-refractivity contribution in [2.24, 2.45) is 5.41 Å². The largest absolute Gasteiger partial charge is 0.329 e. The van der Waals surface area contributed by atoms with Crippen molar-refractivity contribution in [3.05, 3.63) is 77.6 Å². The molecule has 1 aliphatic carbocycles. The lowest BCUT2D eigenvalue weighted by Crippen LogP contribution is -2.13. The van der Waals surface area contributed by atoms with Crippen molar-refractivity contribution in [3.8, 4) is 0 Å². The highest BCUT2D eigenvalue weighted by atomic mass is 15.3. The molecule has 5 heteroatoms. The number of anilines is 2. The molecule has 2 aromatic carbocycles. The summed E-state index contributed by atoms with van der Waals surface area (Å²) in [6.45, 7) is 9.11. The number of allylic oxidation sites excluding steroid dienone is 4. The Labute approximate surface area is 201 Å². The van der Waals surface area contributed by atoms with Gasteiger partial charge in [-0.2, -0.15) is 4.98 Å². The maximum atomic E-state index is 4.89. The van der Waals surface area contributed by atoms with Gasteiger partial charge < -0.3 is 4.90 Å². The molecule has 0 saturated heterocycles. The maximum absolute atomic E-state index is 4.89. The lowest BCUT2D eigenvalue weighted by atomic mass is 9.79. The molecule has 5 nitrogen and oxygen atoms in total. The number of nitrogens with zero attached hydrogens (tertiary/aromatic N) is 5. The molecular weight excluding hydrogens is 418 g/mol. The van der Waals surface area contributed by atoms with Gasteiger partial charge in [0.05, 0.1) is 5.52 Å². The van der Waals surface area contributed by atoms with E-state index in [4.69, 9.17) is 4.98 Å². The van der Waals surface area contributed by atoms with Crippen LogP contribution in [0.3, 0.4) is 0 Å². The van der Waals surface area contributed by atoms with E-state index in [9.17, 15) is 0 Å². The normalized spacial score (nSPS) is 14.4. The molecule has 0 saturated carbocycles. The molecule has 0 radical (unpaired) electrons. The molecule has 1 aliphatic rings. The van der Waals surface area contributed by atoms with Crippen molar-refractivity contribution in [2.75, 3.05) is 11.9 Å². The van der Waals surface area contributed by atoms with Crippen LogP contribution in [0.1, 0.15) is 58.1 Å². The first kappa shape index (κ1) is 22.3. The van der Waals surface area contributed by atoms with Crippen molar-refractivity contribution in [1.82, 2.24) is 19.6 Å². The minimum atomic E-state index is 0.195. The summed E-state index contributed by atoms with van der Waals surface area (Å²) in [5, 5.41) is 9.47. The van der Waals surface area contributed by atoms with E-state index in [0.717, 1.165) is 48.1 Å². The zero-order chi connectivity index (χ0) is 23.9. The maximum Gasteiger partial charge on any atom is 0.257 e. The van der Waals surface area contributed by atoms with E-state index in [2.05, 4.69) is 104 Å². The van der Waals surface area contributed by atoms with E-state index in [1.54, 1.807) is 6.33 Å². The second-order valence-corrected chi connectivity index (χ2v) is 10.3. The molecular formula is C29H33N5. The Morgan fingerprint density at radius 1 is 1.09 bits per heavy atom. The van der Waals surface area contributed by atoms with E-state index in [1.165, 1.54) is 22.3 Å². The van der Waals surface area contributed by atoms with Gasteiger partial charge in [-0.25, -0.2) is 0 Å². The van der Waals surface area contributed by atoms with Crippen LogP contribution in [-0.2, 0) is 6.42 Å². The Kier molecular flexibility index (Phi) is 5.72. The molecule has 0 amide bonds. The second-order valence-electron chi connectivity index (χ2n) is 10.3. The second kappa shape index (κ2) is 8.71. The number of rotatable bonds is 5. The van der Waals surface area contributed by atoms with Gasteiger partial charge in [0, 0.05) is 18.1 Å². The third kappa shape index (κ3) is 4.11. The quantitative estimate of drug-likeness (QED) is 0.323. The van der Waals surface area contributed by atoms with Crippen LogP contribution in [0.15, 0.2) is 66.5 Å². The predicted molar refractivity (Wildman–Crippen MR) is 142 cm³/mol. The molecule has 34 heavy (non-hydrogen) atoms. The zero-order valence-electron chi connectivity index (χ0n) is 20.8. The molecule has 0 atom stereocenters. The number of fused-ring (bicyclic) bond motifs is 3. The summed E-state index contributed by atoms with van der Waals surface area (Å²) < 4.78 is 1.98. The molecule has 5 rings (SSSR count). The van der Waals surface area contributed by atoms with Crippen molar-refractivity contribution in [3.63, 3.8) is 0 Å². The SMILES string of the molecule is CCCc1ccc2c(N(C)c3cccc(C4=CCCC(C(C)(C)C)=C4)c3)nc3nncn3c2c1. The highest BCUT2D eigenvalue weighted by Crippen LogP contribution is 2.37. The first-order chi connectivity index (χ1) is 16.3. The smallest absolute Gasteiger partial charge is 0.257 e. The first-order valence-corrected chi connectivity index (χ1v) is 12.2. The lowest BCUT2D eigenvalue weighted by Gasteiger charge is -2.26.